The average Bonchev–Trinajstić information content (AvgIpc) is 2.70. The summed E-state index contributed by atoms with van der Waals surface area (Å²) in [4.78, 5) is 14.7. The van der Waals surface area contributed by atoms with Crippen LogP contribution >= 0.6 is 12.2 Å². The number of rotatable bonds is 5. The zero-order valence-electron chi connectivity index (χ0n) is 16.2. The van der Waals surface area contributed by atoms with E-state index in [-0.39, 0.29) is 5.92 Å². The summed E-state index contributed by atoms with van der Waals surface area (Å²) in [5.41, 5.74) is 0.945. The fourth-order valence-corrected chi connectivity index (χ4v) is 4.29. The molecular formula is C21H31N3O2S. The molecule has 1 aliphatic carbocycles. The minimum Gasteiger partial charge on any atom is -0.494 e. The van der Waals surface area contributed by atoms with Gasteiger partial charge in [-0.2, -0.15) is 0 Å². The lowest BCUT2D eigenvalue weighted by Crippen LogP contribution is -2.49. The van der Waals surface area contributed by atoms with Crippen molar-refractivity contribution in [3.05, 3.63) is 24.3 Å². The number of nitrogens with one attached hydrogen (secondary N) is 2. The van der Waals surface area contributed by atoms with E-state index in [4.69, 9.17) is 17.0 Å². The maximum atomic E-state index is 12.7. The van der Waals surface area contributed by atoms with Gasteiger partial charge in [-0.1, -0.05) is 19.3 Å². The molecule has 27 heavy (non-hydrogen) atoms. The molecule has 0 atom stereocenters. The molecule has 2 aliphatic rings. The van der Waals surface area contributed by atoms with Gasteiger partial charge in [-0.25, -0.2) is 0 Å². The number of thiocarbonyl (C=S) groups is 1. The summed E-state index contributed by atoms with van der Waals surface area (Å²) in [5.74, 6) is 1.51. The molecule has 0 unspecified atom stereocenters. The van der Waals surface area contributed by atoms with E-state index in [2.05, 4.69) is 15.5 Å². The molecule has 1 aliphatic heterocycles. The lowest BCUT2D eigenvalue weighted by atomic mass is 9.87. The van der Waals surface area contributed by atoms with Crippen LogP contribution in [0, 0.1) is 5.92 Å². The van der Waals surface area contributed by atoms with Gasteiger partial charge in [0, 0.05) is 30.7 Å². The first kappa shape index (κ1) is 19.9. The van der Waals surface area contributed by atoms with Crippen LogP contribution in [0.5, 0.6) is 5.75 Å². The van der Waals surface area contributed by atoms with Gasteiger partial charge in [0.1, 0.15) is 5.75 Å². The molecule has 6 heteroatoms. The number of nitrogens with zero attached hydrogens (tertiary/aromatic N) is 1. The Morgan fingerprint density at radius 2 is 1.78 bits per heavy atom. The summed E-state index contributed by atoms with van der Waals surface area (Å²) >= 11 is 5.45. The van der Waals surface area contributed by atoms with E-state index in [0.717, 1.165) is 50.2 Å². The largest absolute Gasteiger partial charge is 0.494 e. The third-order valence-corrected chi connectivity index (χ3v) is 5.74. The zero-order valence-corrected chi connectivity index (χ0v) is 17.0. The van der Waals surface area contributed by atoms with Crippen molar-refractivity contribution in [1.29, 1.82) is 0 Å². The summed E-state index contributed by atoms with van der Waals surface area (Å²) in [6, 6.07) is 8.12. The van der Waals surface area contributed by atoms with Gasteiger partial charge in [0.2, 0.25) is 5.91 Å². The monoisotopic (exact) mass is 389 g/mol. The zero-order chi connectivity index (χ0) is 19.1. The van der Waals surface area contributed by atoms with Crippen LogP contribution in [0.25, 0.3) is 0 Å². The van der Waals surface area contributed by atoms with E-state index in [1.165, 1.54) is 19.3 Å². The number of amides is 1. The molecule has 5 nitrogen and oxygen atoms in total. The highest BCUT2D eigenvalue weighted by molar-refractivity contribution is 7.80. The summed E-state index contributed by atoms with van der Waals surface area (Å²) in [5, 5.41) is 7.26. The van der Waals surface area contributed by atoms with Crippen molar-refractivity contribution in [2.24, 2.45) is 5.92 Å². The van der Waals surface area contributed by atoms with E-state index < -0.39 is 0 Å². The molecule has 0 radical (unpaired) electrons. The van der Waals surface area contributed by atoms with Crippen LogP contribution in [0.4, 0.5) is 5.69 Å². The number of benzene rings is 1. The smallest absolute Gasteiger partial charge is 0.225 e. The van der Waals surface area contributed by atoms with Gasteiger partial charge < -0.3 is 20.3 Å². The molecule has 148 valence electrons. The van der Waals surface area contributed by atoms with Crippen LogP contribution in [0.1, 0.15) is 51.9 Å². The van der Waals surface area contributed by atoms with E-state index in [0.29, 0.717) is 23.7 Å². The standard InChI is InChI=1S/C21H31N3O2S/c1-2-26-19-10-8-17(9-11-19)22-21(27)23-18-12-14-24(15-13-18)20(25)16-6-4-3-5-7-16/h8-11,16,18H,2-7,12-15H2,1H3,(H2,22,23,27). The Hall–Kier alpha value is -1.82. The lowest BCUT2D eigenvalue weighted by Gasteiger charge is -2.35. The van der Waals surface area contributed by atoms with Crippen molar-refractivity contribution >= 4 is 28.9 Å². The minimum atomic E-state index is 0.269. The molecule has 1 heterocycles. The highest BCUT2D eigenvalue weighted by atomic mass is 32.1. The average molecular weight is 390 g/mol. The van der Waals surface area contributed by atoms with Crippen molar-refractivity contribution in [3.63, 3.8) is 0 Å². The summed E-state index contributed by atoms with van der Waals surface area (Å²) < 4.78 is 5.45. The van der Waals surface area contributed by atoms with Gasteiger partial charge in [0.05, 0.1) is 6.61 Å². The predicted molar refractivity (Wildman–Crippen MR) is 113 cm³/mol. The topological polar surface area (TPSA) is 53.6 Å². The molecule has 1 aromatic carbocycles. The first-order valence-corrected chi connectivity index (χ1v) is 10.7. The van der Waals surface area contributed by atoms with Gasteiger partial charge in [-0.15, -0.1) is 0 Å². The fourth-order valence-electron chi connectivity index (χ4n) is 4.01. The molecule has 1 saturated heterocycles. The molecule has 2 fully saturated rings. The highest BCUT2D eigenvalue weighted by Crippen LogP contribution is 2.26. The van der Waals surface area contributed by atoms with Gasteiger partial charge in [-0.05, 0) is 69.1 Å². The SMILES string of the molecule is CCOc1ccc(NC(=S)NC2CCN(C(=O)C3CCCCC3)CC2)cc1. The van der Waals surface area contributed by atoms with Crippen molar-refractivity contribution in [3.8, 4) is 5.75 Å². The molecule has 1 aromatic rings. The molecule has 3 rings (SSSR count). The molecular weight excluding hydrogens is 358 g/mol. The number of likely N-dealkylation sites (tertiary alicyclic amines) is 1. The maximum absolute atomic E-state index is 12.7. The van der Waals surface area contributed by atoms with Crippen LogP contribution in [-0.4, -0.2) is 41.7 Å². The number of carbonyl (C=O) groups is 1. The number of piperidine rings is 1. The van der Waals surface area contributed by atoms with E-state index >= 15 is 0 Å². The summed E-state index contributed by atoms with van der Waals surface area (Å²) in [6.45, 7) is 4.30. The maximum Gasteiger partial charge on any atom is 0.225 e. The Morgan fingerprint density at radius 3 is 2.41 bits per heavy atom. The molecule has 0 spiro atoms. The Kier molecular flexibility index (Phi) is 7.33. The number of hydrogen-bond donors (Lipinski definition) is 2. The normalized spacial score (nSPS) is 18.8. The highest BCUT2D eigenvalue weighted by Gasteiger charge is 2.29. The van der Waals surface area contributed by atoms with Crippen molar-refractivity contribution < 1.29 is 9.53 Å². The third-order valence-electron chi connectivity index (χ3n) is 5.52. The first-order chi connectivity index (χ1) is 13.2. The van der Waals surface area contributed by atoms with Gasteiger partial charge >= 0.3 is 0 Å². The van der Waals surface area contributed by atoms with Gasteiger partial charge in [-0.3, -0.25) is 4.79 Å². The molecule has 0 bridgehead atoms. The summed E-state index contributed by atoms with van der Waals surface area (Å²) in [7, 11) is 0. The molecule has 1 amide bonds. The Morgan fingerprint density at radius 1 is 1.11 bits per heavy atom. The minimum absolute atomic E-state index is 0.269. The second-order valence-electron chi connectivity index (χ2n) is 7.49. The fraction of sp³-hybridized carbons (Fsp3) is 0.619. The van der Waals surface area contributed by atoms with Gasteiger partial charge in [0.25, 0.3) is 0 Å². The van der Waals surface area contributed by atoms with E-state index in [9.17, 15) is 4.79 Å². The Labute approximate surface area is 167 Å². The van der Waals surface area contributed by atoms with E-state index in [1.54, 1.807) is 0 Å². The van der Waals surface area contributed by atoms with Crippen LogP contribution in [0.3, 0.4) is 0 Å². The van der Waals surface area contributed by atoms with Crippen molar-refractivity contribution in [1.82, 2.24) is 10.2 Å². The Balaban J connectivity index is 1.40. The molecule has 2 N–H and O–H groups in total. The van der Waals surface area contributed by atoms with Crippen LogP contribution in [0.15, 0.2) is 24.3 Å². The summed E-state index contributed by atoms with van der Waals surface area (Å²) in [6.07, 6.45) is 7.75. The number of hydrogen-bond acceptors (Lipinski definition) is 3. The van der Waals surface area contributed by atoms with Crippen molar-refractivity contribution in [2.75, 3.05) is 25.0 Å². The number of anilines is 1. The first-order valence-electron chi connectivity index (χ1n) is 10.2. The molecule has 0 aromatic heterocycles. The number of ether oxygens (including phenoxy) is 1. The second kappa shape index (κ2) is 9.93. The second-order valence-corrected chi connectivity index (χ2v) is 7.90. The Bertz CT molecular complexity index is 621. The lowest BCUT2D eigenvalue weighted by molar-refractivity contribution is -0.137. The van der Waals surface area contributed by atoms with Crippen LogP contribution < -0.4 is 15.4 Å². The molecule has 1 saturated carbocycles. The van der Waals surface area contributed by atoms with Crippen molar-refractivity contribution in [2.45, 2.75) is 57.9 Å². The van der Waals surface area contributed by atoms with Crippen LogP contribution in [-0.2, 0) is 4.79 Å². The third kappa shape index (κ3) is 5.83. The predicted octanol–water partition coefficient (Wildman–Crippen LogP) is 3.94. The quantitative estimate of drug-likeness (QED) is 0.747. The number of carbonyl (C=O) groups excluding carboxylic acids is 1. The van der Waals surface area contributed by atoms with Gasteiger partial charge in [0.15, 0.2) is 5.11 Å². The van der Waals surface area contributed by atoms with Crippen LogP contribution in [0.2, 0.25) is 0 Å². The van der Waals surface area contributed by atoms with E-state index in [1.807, 2.05) is 31.2 Å².